The number of carbonyl (C=O) groups excluding carboxylic acids is 1. The zero-order valence-electron chi connectivity index (χ0n) is 26.0. The lowest BCUT2D eigenvalue weighted by Gasteiger charge is -2.34. The maximum Gasteiger partial charge on any atom is 0.251 e. The summed E-state index contributed by atoms with van der Waals surface area (Å²) in [4.78, 5) is 19.4. The van der Waals surface area contributed by atoms with E-state index in [0.29, 0.717) is 6.54 Å². The highest BCUT2D eigenvalue weighted by Gasteiger charge is 2.27. The van der Waals surface area contributed by atoms with E-state index in [2.05, 4.69) is 84.4 Å². The van der Waals surface area contributed by atoms with Gasteiger partial charge in [-0.05, 0) is 67.0 Å². The van der Waals surface area contributed by atoms with Gasteiger partial charge in [-0.2, -0.15) is 0 Å². The van der Waals surface area contributed by atoms with Gasteiger partial charge in [-0.3, -0.25) is 9.69 Å². The van der Waals surface area contributed by atoms with E-state index in [4.69, 9.17) is 0 Å². The first kappa shape index (κ1) is 32.7. The number of hydrogen-bond acceptors (Lipinski definition) is 2. The molecule has 2 heterocycles. The molecule has 1 aliphatic carbocycles. The minimum absolute atomic E-state index is 0.00897. The van der Waals surface area contributed by atoms with Crippen molar-refractivity contribution in [2.45, 2.75) is 78.8 Å². The lowest BCUT2D eigenvalue weighted by Crippen LogP contribution is -2.36. The fraction of sp³-hybridized carbons (Fsp3) is 0.395. The smallest absolute Gasteiger partial charge is 0.251 e. The fourth-order valence-corrected chi connectivity index (χ4v) is 5.79. The van der Waals surface area contributed by atoms with Crippen LogP contribution in [0, 0.1) is 18.8 Å². The van der Waals surface area contributed by atoms with Gasteiger partial charge in [-0.15, -0.1) is 12.8 Å². The molecule has 4 heteroatoms. The van der Waals surface area contributed by atoms with Crippen molar-refractivity contribution in [1.82, 2.24) is 15.2 Å². The van der Waals surface area contributed by atoms with E-state index in [-0.39, 0.29) is 11.9 Å². The third-order valence-electron chi connectivity index (χ3n) is 8.33. The van der Waals surface area contributed by atoms with Gasteiger partial charge in [-0.1, -0.05) is 106 Å². The summed E-state index contributed by atoms with van der Waals surface area (Å²) in [5, 5.41) is 5.82. The number of hydrogen-bond donors (Lipinski definition) is 2. The van der Waals surface area contributed by atoms with Crippen LogP contribution in [0.5, 0.6) is 0 Å². The van der Waals surface area contributed by atoms with Gasteiger partial charge < -0.3 is 10.3 Å². The quantitative estimate of drug-likeness (QED) is 0.217. The zero-order valence-corrected chi connectivity index (χ0v) is 26.0. The third-order valence-corrected chi connectivity index (χ3v) is 8.33. The number of nitrogens with one attached hydrogen (secondary N) is 2. The highest BCUT2D eigenvalue weighted by molar-refractivity contribution is 5.95. The number of terminal acetylenes is 1. The number of rotatable bonds is 9. The molecule has 0 bridgehead atoms. The lowest BCUT2D eigenvalue weighted by atomic mass is 9.82. The van der Waals surface area contributed by atoms with Crippen molar-refractivity contribution >= 4 is 24.1 Å². The number of carbonyl (C=O) groups is 1. The van der Waals surface area contributed by atoms with Crippen molar-refractivity contribution in [2.75, 3.05) is 13.1 Å². The van der Waals surface area contributed by atoms with Crippen LogP contribution in [0.1, 0.15) is 98.6 Å². The van der Waals surface area contributed by atoms with Crippen LogP contribution >= 0.6 is 0 Å². The van der Waals surface area contributed by atoms with Gasteiger partial charge in [0.1, 0.15) is 0 Å². The Balaban J connectivity index is 0.00000116. The predicted octanol–water partition coefficient (Wildman–Crippen LogP) is 7.01. The van der Waals surface area contributed by atoms with Crippen molar-refractivity contribution in [3.63, 3.8) is 0 Å². The second kappa shape index (κ2) is 17.2. The number of aromatic nitrogens is 1. The zero-order chi connectivity index (χ0) is 30.3. The molecule has 0 spiro atoms. The molecule has 1 aromatic heterocycles. The monoisotopic (exact) mass is 563 g/mol. The summed E-state index contributed by atoms with van der Waals surface area (Å²) in [6.07, 6.45) is 24.1. The SMILES string of the molecule is C#C.C/C=c1/[nH]c2c(/c1=C/CC1CCC1)CCN(Cc1ccccc1C(=O)NCC/C=C/c1ccccc1)C2C.CC. The molecule has 2 aromatic carbocycles. The molecule has 4 nitrogen and oxygen atoms in total. The maximum atomic E-state index is 13.1. The number of fused-ring (bicyclic) bond motifs is 1. The van der Waals surface area contributed by atoms with Crippen LogP contribution in [0.25, 0.3) is 18.2 Å². The summed E-state index contributed by atoms with van der Waals surface area (Å²) in [5.74, 6) is 0.889. The summed E-state index contributed by atoms with van der Waals surface area (Å²) in [6, 6.07) is 18.6. The van der Waals surface area contributed by atoms with Crippen LogP contribution in [0.15, 0.2) is 60.7 Å². The van der Waals surface area contributed by atoms with Crippen LogP contribution in [0.3, 0.4) is 0 Å². The predicted molar refractivity (Wildman–Crippen MR) is 179 cm³/mol. The topological polar surface area (TPSA) is 48.1 Å². The van der Waals surface area contributed by atoms with Crippen LogP contribution in [0.4, 0.5) is 0 Å². The van der Waals surface area contributed by atoms with Crippen LogP contribution in [-0.2, 0) is 13.0 Å². The number of aromatic amines is 1. The van der Waals surface area contributed by atoms with Crippen molar-refractivity contribution in [3.05, 3.63) is 99.2 Å². The van der Waals surface area contributed by atoms with Crippen molar-refractivity contribution in [2.24, 2.45) is 5.92 Å². The van der Waals surface area contributed by atoms with E-state index < -0.39 is 0 Å². The van der Waals surface area contributed by atoms with E-state index >= 15 is 0 Å². The minimum atomic E-state index is 0.00897. The Hall–Kier alpha value is -3.81. The van der Waals surface area contributed by atoms with Crippen molar-refractivity contribution in [1.29, 1.82) is 0 Å². The fourth-order valence-electron chi connectivity index (χ4n) is 5.79. The summed E-state index contributed by atoms with van der Waals surface area (Å²) in [6.45, 7) is 10.8. The van der Waals surface area contributed by atoms with Crippen molar-refractivity contribution in [3.8, 4) is 12.8 Å². The van der Waals surface area contributed by atoms with Gasteiger partial charge in [0.05, 0.1) is 0 Å². The van der Waals surface area contributed by atoms with E-state index in [0.717, 1.165) is 43.0 Å². The summed E-state index contributed by atoms with van der Waals surface area (Å²) in [5.41, 5.74) is 5.89. The Kier molecular flexibility index (Phi) is 13.4. The van der Waals surface area contributed by atoms with Crippen molar-refractivity contribution < 1.29 is 4.79 Å². The normalized spacial score (nSPS) is 17.4. The van der Waals surface area contributed by atoms with Crippen LogP contribution < -0.4 is 15.9 Å². The Morgan fingerprint density at radius 3 is 2.48 bits per heavy atom. The number of amides is 1. The molecule has 1 atom stereocenters. The van der Waals surface area contributed by atoms with Gasteiger partial charge >= 0.3 is 0 Å². The first-order valence-corrected chi connectivity index (χ1v) is 15.7. The molecule has 1 aliphatic heterocycles. The Morgan fingerprint density at radius 2 is 1.79 bits per heavy atom. The van der Waals surface area contributed by atoms with Crippen LogP contribution in [-0.4, -0.2) is 28.9 Å². The Labute approximate surface area is 253 Å². The molecule has 1 unspecified atom stereocenters. The van der Waals surface area contributed by atoms with Gasteiger partial charge in [-0.25, -0.2) is 0 Å². The minimum Gasteiger partial charge on any atom is -0.357 e. The molecule has 5 rings (SSSR count). The summed E-state index contributed by atoms with van der Waals surface area (Å²) < 4.78 is 0. The second-order valence-electron chi connectivity index (χ2n) is 10.8. The molecule has 42 heavy (non-hydrogen) atoms. The van der Waals surface area contributed by atoms with E-state index in [1.165, 1.54) is 53.1 Å². The highest BCUT2D eigenvalue weighted by Crippen LogP contribution is 2.30. The molecular formula is C38H49N3O. The maximum absolute atomic E-state index is 13.1. The molecule has 1 amide bonds. The highest BCUT2D eigenvalue weighted by atomic mass is 16.1. The Bertz CT molecular complexity index is 1430. The first-order chi connectivity index (χ1) is 20.6. The molecule has 1 saturated carbocycles. The first-order valence-electron chi connectivity index (χ1n) is 15.7. The van der Waals surface area contributed by atoms with Gasteiger partial charge in [0, 0.05) is 42.3 Å². The standard InChI is InChI=1S/C34H41N3O.C2H6.C2H2/c1-3-32-30(20-19-27-15-11-16-27)31-21-23-37(25(2)33(31)36-32)24-28-17-7-8-18-29(28)34(38)35-22-10-9-14-26-12-5-4-6-13-26;2*1-2/h3-9,12-14,17-18,20,25,27,36H,10-11,15-16,19,21-24H2,1-2H3,(H,35,38);1-2H3;1-2H/b14-9+,30-20-,32-3+;;. The summed E-state index contributed by atoms with van der Waals surface area (Å²) in [7, 11) is 0. The van der Waals surface area contributed by atoms with Gasteiger partial charge in [0.15, 0.2) is 0 Å². The number of nitrogens with zero attached hydrogens (tertiary/aromatic N) is 1. The molecule has 0 radical (unpaired) electrons. The second-order valence-corrected chi connectivity index (χ2v) is 10.8. The molecular weight excluding hydrogens is 514 g/mol. The number of benzene rings is 2. The molecule has 3 aromatic rings. The molecule has 2 aliphatic rings. The third kappa shape index (κ3) is 8.37. The average Bonchev–Trinajstić information content (AvgIpc) is 3.38. The summed E-state index contributed by atoms with van der Waals surface area (Å²) >= 11 is 0. The van der Waals surface area contributed by atoms with E-state index in [1.54, 1.807) is 0 Å². The van der Waals surface area contributed by atoms with E-state index in [9.17, 15) is 4.79 Å². The molecule has 0 saturated heterocycles. The number of H-pyrrole nitrogens is 1. The lowest BCUT2D eigenvalue weighted by molar-refractivity contribution is 0.0951. The molecule has 2 N–H and O–H groups in total. The van der Waals surface area contributed by atoms with Gasteiger partial charge in [0.2, 0.25) is 0 Å². The molecule has 1 fully saturated rings. The van der Waals surface area contributed by atoms with Crippen LogP contribution in [0.2, 0.25) is 0 Å². The largest absolute Gasteiger partial charge is 0.357 e. The van der Waals surface area contributed by atoms with Gasteiger partial charge in [0.25, 0.3) is 5.91 Å². The molecule has 222 valence electrons. The van der Waals surface area contributed by atoms with E-state index in [1.807, 2.05) is 50.2 Å². The Morgan fingerprint density at radius 1 is 1.07 bits per heavy atom. The average molecular weight is 564 g/mol.